The van der Waals surface area contributed by atoms with Crippen LogP contribution in [0.2, 0.25) is 0 Å². The first-order chi connectivity index (χ1) is 12.7. The molecule has 0 bridgehead atoms. The normalized spacial score (nSPS) is 11.2. The fourth-order valence-electron chi connectivity index (χ4n) is 2.80. The molecule has 0 radical (unpaired) electrons. The third kappa shape index (κ3) is 4.35. The van der Waals surface area contributed by atoms with E-state index in [0.717, 1.165) is 16.7 Å². The average Bonchev–Trinajstić information content (AvgIpc) is 3.04. The molecule has 3 rings (SSSR count). The molecule has 7 nitrogen and oxygen atoms in total. The molecule has 140 valence electrons. The molecular formula is C19H20N4O3S. The number of hydrogen-bond donors (Lipinski definition) is 3. The van der Waals surface area contributed by atoms with Gasteiger partial charge in [-0.25, -0.2) is 0 Å². The van der Waals surface area contributed by atoms with Gasteiger partial charge in [0.05, 0.1) is 11.8 Å². The van der Waals surface area contributed by atoms with E-state index < -0.39 is 15.9 Å². The van der Waals surface area contributed by atoms with E-state index in [2.05, 4.69) is 20.2 Å². The van der Waals surface area contributed by atoms with Crippen molar-refractivity contribution in [2.75, 3.05) is 10.0 Å². The SMILES string of the molecule is Cc1cccc(NC(=O)c2cn[nH]c2S(=O)(=O)Nc2cc(C)cc(C)c2)c1. The van der Waals surface area contributed by atoms with Gasteiger partial charge in [-0.05, 0) is 61.7 Å². The van der Waals surface area contributed by atoms with Crippen molar-refractivity contribution >= 4 is 27.3 Å². The summed E-state index contributed by atoms with van der Waals surface area (Å²) in [4.78, 5) is 12.6. The molecule has 2 aromatic carbocycles. The number of aromatic amines is 1. The third-order valence-corrected chi connectivity index (χ3v) is 5.22. The zero-order valence-electron chi connectivity index (χ0n) is 15.2. The number of sulfonamides is 1. The fraction of sp³-hybridized carbons (Fsp3) is 0.158. The molecule has 0 unspecified atom stereocenters. The van der Waals surface area contributed by atoms with Gasteiger partial charge in [-0.1, -0.05) is 18.2 Å². The third-order valence-electron chi connectivity index (χ3n) is 3.87. The molecule has 0 fully saturated rings. The van der Waals surface area contributed by atoms with Gasteiger partial charge in [0.2, 0.25) is 0 Å². The smallest absolute Gasteiger partial charge is 0.279 e. The van der Waals surface area contributed by atoms with Gasteiger partial charge >= 0.3 is 0 Å². The lowest BCUT2D eigenvalue weighted by atomic mass is 10.1. The topological polar surface area (TPSA) is 104 Å². The monoisotopic (exact) mass is 384 g/mol. The standard InChI is InChI=1S/C19H20N4O3S/c1-12-5-4-6-15(8-12)21-18(24)17-11-20-22-19(17)27(25,26)23-16-9-13(2)7-14(3)10-16/h4-11,23H,1-3H3,(H,20,22)(H,21,24). The first-order valence-electron chi connectivity index (χ1n) is 8.27. The lowest BCUT2D eigenvalue weighted by molar-refractivity contribution is 0.102. The Hall–Kier alpha value is -3.13. The number of benzene rings is 2. The number of H-pyrrole nitrogens is 1. The minimum atomic E-state index is -4.01. The summed E-state index contributed by atoms with van der Waals surface area (Å²) in [7, 11) is -4.01. The van der Waals surface area contributed by atoms with Crippen molar-refractivity contribution in [2.24, 2.45) is 0 Å². The molecule has 8 heteroatoms. The zero-order valence-corrected chi connectivity index (χ0v) is 16.0. The predicted molar refractivity (Wildman–Crippen MR) is 104 cm³/mol. The summed E-state index contributed by atoms with van der Waals surface area (Å²) in [5.41, 5.74) is 3.76. The fourth-order valence-corrected chi connectivity index (χ4v) is 3.94. The number of nitrogens with zero attached hydrogens (tertiary/aromatic N) is 1. The number of carbonyl (C=O) groups is 1. The number of aromatic nitrogens is 2. The van der Waals surface area contributed by atoms with Crippen LogP contribution in [0.1, 0.15) is 27.0 Å². The number of nitrogens with one attached hydrogen (secondary N) is 3. The Balaban J connectivity index is 1.87. The summed E-state index contributed by atoms with van der Waals surface area (Å²) in [5.74, 6) is -0.560. The average molecular weight is 384 g/mol. The lowest BCUT2D eigenvalue weighted by Gasteiger charge is -2.10. The molecule has 0 aliphatic heterocycles. The second kappa shape index (κ2) is 7.24. The maximum atomic E-state index is 12.8. The van der Waals surface area contributed by atoms with Gasteiger partial charge in [0.25, 0.3) is 15.9 Å². The molecule has 3 N–H and O–H groups in total. The van der Waals surface area contributed by atoms with Crippen molar-refractivity contribution < 1.29 is 13.2 Å². The number of anilines is 2. The van der Waals surface area contributed by atoms with Crippen molar-refractivity contribution in [3.63, 3.8) is 0 Å². The Morgan fingerprint density at radius 1 is 0.963 bits per heavy atom. The van der Waals surface area contributed by atoms with Crippen LogP contribution in [0.3, 0.4) is 0 Å². The van der Waals surface area contributed by atoms with E-state index in [4.69, 9.17) is 0 Å². The highest BCUT2D eigenvalue weighted by Crippen LogP contribution is 2.21. The van der Waals surface area contributed by atoms with Crippen LogP contribution in [0.15, 0.2) is 53.7 Å². The molecule has 1 aromatic heterocycles. The minimum absolute atomic E-state index is 0.0617. The molecule has 0 aliphatic rings. The van der Waals surface area contributed by atoms with E-state index in [1.165, 1.54) is 6.20 Å². The second-order valence-electron chi connectivity index (χ2n) is 6.42. The van der Waals surface area contributed by atoms with Gasteiger partial charge in [-0.15, -0.1) is 0 Å². The van der Waals surface area contributed by atoms with Crippen molar-refractivity contribution in [1.29, 1.82) is 0 Å². The molecule has 0 spiro atoms. The largest absolute Gasteiger partial charge is 0.322 e. The van der Waals surface area contributed by atoms with Crippen LogP contribution in [0.25, 0.3) is 0 Å². The van der Waals surface area contributed by atoms with E-state index in [0.29, 0.717) is 11.4 Å². The van der Waals surface area contributed by atoms with Crippen LogP contribution in [-0.4, -0.2) is 24.5 Å². The Morgan fingerprint density at radius 2 is 1.63 bits per heavy atom. The van der Waals surface area contributed by atoms with Gasteiger partial charge < -0.3 is 5.32 Å². The summed E-state index contributed by atoms with van der Waals surface area (Å²) >= 11 is 0. The van der Waals surface area contributed by atoms with Gasteiger partial charge in [-0.3, -0.25) is 14.6 Å². The summed E-state index contributed by atoms with van der Waals surface area (Å²) in [5, 5.41) is 8.56. The van der Waals surface area contributed by atoms with E-state index in [1.807, 2.05) is 32.9 Å². The molecule has 0 saturated heterocycles. The van der Waals surface area contributed by atoms with Crippen LogP contribution in [0.4, 0.5) is 11.4 Å². The molecular weight excluding hydrogens is 364 g/mol. The van der Waals surface area contributed by atoms with Gasteiger partial charge in [-0.2, -0.15) is 13.5 Å². The summed E-state index contributed by atoms with van der Waals surface area (Å²) in [6.45, 7) is 5.65. The van der Waals surface area contributed by atoms with Crippen LogP contribution < -0.4 is 10.0 Å². The van der Waals surface area contributed by atoms with E-state index in [9.17, 15) is 13.2 Å². The molecule has 0 atom stereocenters. The number of carbonyl (C=O) groups excluding carboxylic acids is 1. The Morgan fingerprint density at radius 3 is 2.30 bits per heavy atom. The molecule has 1 heterocycles. The Bertz CT molecular complexity index is 1080. The number of hydrogen-bond acceptors (Lipinski definition) is 4. The molecule has 1 amide bonds. The highest BCUT2D eigenvalue weighted by atomic mass is 32.2. The summed E-state index contributed by atoms with van der Waals surface area (Å²) in [6.07, 6.45) is 1.20. The van der Waals surface area contributed by atoms with Gasteiger partial charge in [0, 0.05) is 11.4 Å². The quantitative estimate of drug-likeness (QED) is 0.627. The molecule has 0 aliphatic carbocycles. The Labute approximate surface area is 157 Å². The highest BCUT2D eigenvalue weighted by molar-refractivity contribution is 7.92. The first kappa shape index (κ1) is 18.7. The zero-order chi connectivity index (χ0) is 19.6. The number of aryl methyl sites for hydroxylation is 3. The van der Waals surface area contributed by atoms with E-state index in [-0.39, 0.29) is 10.6 Å². The Kier molecular flexibility index (Phi) is 5.00. The number of amides is 1. The lowest BCUT2D eigenvalue weighted by Crippen LogP contribution is -2.20. The van der Waals surface area contributed by atoms with Crippen molar-refractivity contribution in [2.45, 2.75) is 25.8 Å². The van der Waals surface area contributed by atoms with Crippen molar-refractivity contribution in [3.8, 4) is 0 Å². The highest BCUT2D eigenvalue weighted by Gasteiger charge is 2.25. The van der Waals surface area contributed by atoms with Crippen LogP contribution in [0.5, 0.6) is 0 Å². The van der Waals surface area contributed by atoms with Crippen LogP contribution in [0, 0.1) is 20.8 Å². The maximum Gasteiger partial charge on any atom is 0.279 e. The molecule has 3 aromatic rings. The summed E-state index contributed by atoms with van der Waals surface area (Å²) < 4.78 is 28.0. The first-order valence-corrected chi connectivity index (χ1v) is 9.75. The van der Waals surface area contributed by atoms with Crippen molar-refractivity contribution in [1.82, 2.24) is 10.2 Å². The number of rotatable bonds is 5. The van der Waals surface area contributed by atoms with Crippen LogP contribution in [-0.2, 0) is 10.0 Å². The molecule has 27 heavy (non-hydrogen) atoms. The molecule has 0 saturated carbocycles. The van der Waals surface area contributed by atoms with Crippen LogP contribution >= 0.6 is 0 Å². The maximum absolute atomic E-state index is 12.8. The minimum Gasteiger partial charge on any atom is -0.322 e. The van der Waals surface area contributed by atoms with E-state index in [1.54, 1.807) is 30.3 Å². The summed E-state index contributed by atoms with van der Waals surface area (Å²) in [6, 6.07) is 12.6. The van der Waals surface area contributed by atoms with Gasteiger partial charge in [0.1, 0.15) is 0 Å². The second-order valence-corrected chi connectivity index (χ2v) is 8.04. The van der Waals surface area contributed by atoms with E-state index >= 15 is 0 Å². The van der Waals surface area contributed by atoms with Gasteiger partial charge in [0.15, 0.2) is 5.03 Å². The predicted octanol–water partition coefficient (Wildman–Crippen LogP) is 3.39. The van der Waals surface area contributed by atoms with Crippen molar-refractivity contribution in [3.05, 3.63) is 70.9 Å².